The molecule has 1 nitrogen and oxygen atoms in total. The normalized spacial score (nSPS) is 8.88. The maximum Gasteiger partial charge on any atom is 0.217 e. The molecule has 0 rings (SSSR count). The first-order chi connectivity index (χ1) is 3.68. The number of carbonyl (C=O) groups is 1. The van der Waals surface area contributed by atoms with Crippen molar-refractivity contribution in [1.29, 1.82) is 0 Å². The third kappa shape index (κ3) is 2.83. The molecular weight excluding hydrogens is 98.9 g/mol. The minimum atomic E-state index is 0.231. The lowest BCUT2D eigenvalue weighted by Crippen LogP contribution is -2.16. The zero-order chi connectivity index (χ0) is 6.57. The van der Waals surface area contributed by atoms with Gasteiger partial charge in [-0.05, 0) is 6.42 Å². The van der Waals surface area contributed by atoms with Gasteiger partial charge >= 0.3 is 0 Å². The molecule has 0 radical (unpaired) electrons. The lowest BCUT2D eigenvalue weighted by Gasteiger charge is -1.95. The summed E-state index contributed by atoms with van der Waals surface area (Å²) in [6, 6.07) is 0. The Labute approximate surface area is 51.5 Å². The van der Waals surface area contributed by atoms with Crippen LogP contribution >= 0.6 is 0 Å². The lowest BCUT2D eigenvalue weighted by atomic mass is 9.50. The fourth-order valence-corrected chi connectivity index (χ4v) is 0.535. The molecule has 0 aliphatic heterocycles. The number of rotatable bonds is 3. The van der Waals surface area contributed by atoms with Gasteiger partial charge in [0.2, 0.25) is 6.71 Å². The molecule has 0 saturated heterocycles. The van der Waals surface area contributed by atoms with E-state index in [-0.39, 0.29) is 6.71 Å². The molecule has 0 spiro atoms. The van der Waals surface area contributed by atoms with Crippen molar-refractivity contribution in [2.45, 2.75) is 33.4 Å². The molecule has 0 bridgehead atoms. The summed E-state index contributed by atoms with van der Waals surface area (Å²) in [5.74, 6) is 0. The molecule has 0 atom stereocenters. The molecule has 0 heterocycles. The van der Waals surface area contributed by atoms with Gasteiger partial charge in [0.05, 0.1) is 5.68 Å². The summed E-state index contributed by atoms with van der Waals surface area (Å²) >= 11 is 0. The van der Waals surface area contributed by atoms with E-state index < -0.39 is 0 Å². The largest absolute Gasteiger partial charge is 0.311 e. The smallest absolute Gasteiger partial charge is 0.217 e. The Balaban J connectivity index is 3.33. The van der Waals surface area contributed by atoms with Crippen LogP contribution in [0.2, 0.25) is 13.6 Å². The Bertz CT molecular complexity index is 78.6. The van der Waals surface area contributed by atoms with Crippen molar-refractivity contribution >= 4 is 12.4 Å². The molecule has 2 heteroatoms. The second-order valence-corrected chi connectivity index (χ2v) is 2.37. The number of carbonyl (C=O) groups excluding carboxylic acids is 1. The van der Waals surface area contributed by atoms with E-state index in [0.717, 1.165) is 12.8 Å². The highest BCUT2D eigenvalue weighted by Crippen LogP contribution is 1.92. The first kappa shape index (κ1) is 7.73. The Morgan fingerprint density at radius 1 is 1.50 bits per heavy atom. The third-order valence-electron chi connectivity index (χ3n) is 1.14. The van der Waals surface area contributed by atoms with Gasteiger partial charge < -0.3 is 4.79 Å². The maximum absolute atomic E-state index is 10.7. The average Bonchev–Trinajstić information content (AvgIpc) is 1.67. The van der Waals surface area contributed by atoms with Gasteiger partial charge in [0.15, 0.2) is 0 Å². The second-order valence-electron chi connectivity index (χ2n) is 2.37. The molecule has 0 amide bonds. The molecule has 46 valence electrons. The molecule has 8 heavy (non-hydrogen) atoms. The molecule has 0 aromatic heterocycles. The summed E-state index contributed by atoms with van der Waals surface area (Å²) in [4.78, 5) is 10.7. The van der Waals surface area contributed by atoms with Crippen LogP contribution in [0.15, 0.2) is 0 Å². The minimum absolute atomic E-state index is 0.231. The average molecular weight is 112 g/mol. The Morgan fingerprint density at radius 3 is 2.12 bits per heavy atom. The maximum atomic E-state index is 10.7. The van der Waals surface area contributed by atoms with Crippen LogP contribution < -0.4 is 0 Å². The standard InChI is InChI=1S/C6H13BO/c1-4-5-6(8)7(2)3/h4-5H2,1-3H3. The zero-order valence-corrected chi connectivity index (χ0v) is 5.90. The molecular formula is C6H13BO. The quantitative estimate of drug-likeness (QED) is 0.507. The monoisotopic (exact) mass is 112 g/mol. The molecule has 0 aliphatic carbocycles. The van der Waals surface area contributed by atoms with Gasteiger partial charge in [0.25, 0.3) is 0 Å². The number of hydrogen-bond donors (Lipinski definition) is 0. The highest BCUT2D eigenvalue weighted by Gasteiger charge is 2.07. The van der Waals surface area contributed by atoms with E-state index in [0.29, 0.717) is 5.68 Å². The molecule has 0 aliphatic rings. The molecule has 0 aromatic rings. The predicted octanol–water partition coefficient (Wildman–Crippen LogP) is 1.65. The molecule has 0 aromatic carbocycles. The van der Waals surface area contributed by atoms with Crippen LogP contribution in [-0.4, -0.2) is 12.4 Å². The van der Waals surface area contributed by atoms with E-state index in [1.54, 1.807) is 0 Å². The molecule has 0 fully saturated rings. The van der Waals surface area contributed by atoms with Gasteiger partial charge in [-0.3, -0.25) is 0 Å². The fourth-order valence-electron chi connectivity index (χ4n) is 0.535. The van der Waals surface area contributed by atoms with Crippen LogP contribution in [0.25, 0.3) is 0 Å². The van der Waals surface area contributed by atoms with Crippen LogP contribution in [0, 0.1) is 0 Å². The van der Waals surface area contributed by atoms with E-state index in [4.69, 9.17) is 0 Å². The van der Waals surface area contributed by atoms with E-state index in [2.05, 4.69) is 0 Å². The summed E-state index contributed by atoms with van der Waals surface area (Å²) in [6.07, 6.45) is 1.73. The Morgan fingerprint density at radius 2 is 2.00 bits per heavy atom. The van der Waals surface area contributed by atoms with Gasteiger partial charge in [0, 0.05) is 0 Å². The molecule has 0 unspecified atom stereocenters. The van der Waals surface area contributed by atoms with E-state index >= 15 is 0 Å². The van der Waals surface area contributed by atoms with Crippen molar-refractivity contribution < 1.29 is 4.79 Å². The summed E-state index contributed by atoms with van der Waals surface area (Å²) in [5.41, 5.74) is 0.382. The second kappa shape index (κ2) is 3.70. The van der Waals surface area contributed by atoms with Crippen LogP contribution in [0.5, 0.6) is 0 Å². The Kier molecular flexibility index (Phi) is 3.58. The number of hydrogen-bond acceptors (Lipinski definition) is 1. The molecule has 0 N–H and O–H groups in total. The topological polar surface area (TPSA) is 17.1 Å². The highest BCUT2D eigenvalue weighted by molar-refractivity contribution is 6.88. The van der Waals surface area contributed by atoms with Crippen LogP contribution in [-0.2, 0) is 4.79 Å². The third-order valence-corrected chi connectivity index (χ3v) is 1.14. The van der Waals surface area contributed by atoms with Gasteiger partial charge in [0.1, 0.15) is 0 Å². The van der Waals surface area contributed by atoms with Crippen molar-refractivity contribution in [2.75, 3.05) is 0 Å². The van der Waals surface area contributed by atoms with Crippen molar-refractivity contribution in [1.82, 2.24) is 0 Å². The summed E-state index contributed by atoms with van der Waals surface area (Å²) in [7, 11) is 0. The fraction of sp³-hybridized carbons (Fsp3) is 0.833. The van der Waals surface area contributed by atoms with Gasteiger partial charge in [-0.25, -0.2) is 0 Å². The van der Waals surface area contributed by atoms with Crippen LogP contribution in [0.3, 0.4) is 0 Å². The van der Waals surface area contributed by atoms with Gasteiger partial charge in [-0.1, -0.05) is 27.0 Å². The molecule has 0 saturated carbocycles. The van der Waals surface area contributed by atoms with Crippen molar-refractivity contribution in [3.05, 3.63) is 0 Å². The van der Waals surface area contributed by atoms with Crippen LogP contribution in [0.4, 0.5) is 0 Å². The van der Waals surface area contributed by atoms with Crippen molar-refractivity contribution in [2.24, 2.45) is 0 Å². The van der Waals surface area contributed by atoms with Gasteiger partial charge in [-0.15, -0.1) is 0 Å². The summed E-state index contributed by atoms with van der Waals surface area (Å²) in [6.45, 7) is 6.14. The summed E-state index contributed by atoms with van der Waals surface area (Å²) < 4.78 is 0. The SMILES string of the molecule is CCCC(=O)B(C)C. The van der Waals surface area contributed by atoms with Crippen molar-refractivity contribution in [3.63, 3.8) is 0 Å². The van der Waals surface area contributed by atoms with E-state index in [1.165, 1.54) is 0 Å². The van der Waals surface area contributed by atoms with E-state index in [1.807, 2.05) is 20.6 Å². The Hall–Kier alpha value is -0.265. The lowest BCUT2D eigenvalue weighted by molar-refractivity contribution is -0.112. The van der Waals surface area contributed by atoms with E-state index in [9.17, 15) is 4.79 Å². The minimum Gasteiger partial charge on any atom is -0.311 e. The predicted molar refractivity (Wildman–Crippen MR) is 37.4 cm³/mol. The van der Waals surface area contributed by atoms with Crippen molar-refractivity contribution in [3.8, 4) is 0 Å². The first-order valence-corrected chi connectivity index (χ1v) is 3.21. The van der Waals surface area contributed by atoms with Gasteiger partial charge in [-0.2, -0.15) is 0 Å². The first-order valence-electron chi connectivity index (χ1n) is 3.21. The zero-order valence-electron chi connectivity index (χ0n) is 5.90. The van der Waals surface area contributed by atoms with Crippen LogP contribution in [0.1, 0.15) is 19.8 Å². The summed E-state index contributed by atoms with van der Waals surface area (Å²) in [5, 5.41) is 0. The highest BCUT2D eigenvalue weighted by atomic mass is 16.1.